The van der Waals surface area contributed by atoms with Crippen molar-refractivity contribution in [1.29, 1.82) is 0 Å². The van der Waals surface area contributed by atoms with Crippen molar-refractivity contribution >= 4 is 17.1 Å². The van der Waals surface area contributed by atoms with Gasteiger partial charge in [0.05, 0.1) is 0 Å². The molecular weight excluding hydrogens is 236 g/mol. The van der Waals surface area contributed by atoms with Crippen LogP contribution in [0.3, 0.4) is 0 Å². The van der Waals surface area contributed by atoms with Crippen LogP contribution in [0, 0.1) is 6.92 Å². The standard InChI is InChI=1S/C16H24N2O/c1-4-6-10-18(11-7-5-2)16-17-14-12-13(3)8-9-15(14)19-16/h8-9,12H,4-7,10-11H2,1-3H3. The second kappa shape index (κ2) is 6.60. The molecule has 0 bridgehead atoms. The number of hydrogen-bond acceptors (Lipinski definition) is 3. The lowest BCUT2D eigenvalue weighted by Crippen LogP contribution is -2.25. The number of hydrogen-bond donors (Lipinski definition) is 0. The maximum absolute atomic E-state index is 5.89. The first kappa shape index (κ1) is 13.9. The Morgan fingerprint density at radius 2 is 1.79 bits per heavy atom. The van der Waals surface area contributed by atoms with E-state index in [0.29, 0.717) is 0 Å². The van der Waals surface area contributed by atoms with Crippen LogP contribution in [0.5, 0.6) is 0 Å². The summed E-state index contributed by atoms with van der Waals surface area (Å²) < 4.78 is 5.89. The van der Waals surface area contributed by atoms with Crippen molar-refractivity contribution in [2.75, 3.05) is 18.0 Å². The van der Waals surface area contributed by atoms with E-state index >= 15 is 0 Å². The van der Waals surface area contributed by atoms with Gasteiger partial charge in [0.25, 0.3) is 6.01 Å². The van der Waals surface area contributed by atoms with Crippen LogP contribution in [-0.4, -0.2) is 18.1 Å². The first-order chi connectivity index (χ1) is 9.24. The van der Waals surface area contributed by atoms with Crippen LogP contribution in [0.1, 0.15) is 45.1 Å². The topological polar surface area (TPSA) is 29.3 Å². The first-order valence-electron chi connectivity index (χ1n) is 7.36. The normalized spacial score (nSPS) is 11.1. The van der Waals surface area contributed by atoms with E-state index in [1.807, 2.05) is 6.07 Å². The number of benzene rings is 1. The van der Waals surface area contributed by atoms with Crippen molar-refractivity contribution in [2.45, 2.75) is 46.5 Å². The molecule has 0 N–H and O–H groups in total. The van der Waals surface area contributed by atoms with Gasteiger partial charge in [-0.2, -0.15) is 4.98 Å². The van der Waals surface area contributed by atoms with Gasteiger partial charge in [-0.1, -0.05) is 32.8 Å². The Hall–Kier alpha value is -1.51. The van der Waals surface area contributed by atoms with E-state index in [4.69, 9.17) is 4.42 Å². The molecule has 0 radical (unpaired) electrons. The Kier molecular flexibility index (Phi) is 4.83. The summed E-state index contributed by atoms with van der Waals surface area (Å²) in [6, 6.07) is 6.95. The van der Waals surface area contributed by atoms with Crippen molar-refractivity contribution in [3.8, 4) is 0 Å². The van der Waals surface area contributed by atoms with E-state index in [0.717, 1.165) is 30.2 Å². The number of fused-ring (bicyclic) bond motifs is 1. The fourth-order valence-corrected chi connectivity index (χ4v) is 2.16. The second-order valence-corrected chi connectivity index (χ2v) is 5.16. The van der Waals surface area contributed by atoms with Crippen molar-refractivity contribution in [3.63, 3.8) is 0 Å². The molecule has 0 aliphatic rings. The van der Waals surface area contributed by atoms with Gasteiger partial charge < -0.3 is 9.32 Å². The molecule has 0 saturated carbocycles. The highest BCUT2D eigenvalue weighted by molar-refractivity contribution is 5.75. The summed E-state index contributed by atoms with van der Waals surface area (Å²) in [7, 11) is 0. The fraction of sp³-hybridized carbons (Fsp3) is 0.562. The Bertz CT molecular complexity index is 510. The van der Waals surface area contributed by atoms with Crippen LogP contribution in [0.4, 0.5) is 6.01 Å². The molecule has 0 saturated heterocycles. The molecule has 1 aromatic carbocycles. The number of aromatic nitrogens is 1. The molecule has 2 rings (SSSR count). The van der Waals surface area contributed by atoms with Gasteiger partial charge in [0.1, 0.15) is 5.52 Å². The number of nitrogens with zero attached hydrogens (tertiary/aromatic N) is 2. The predicted octanol–water partition coefficient (Wildman–Crippen LogP) is 4.54. The van der Waals surface area contributed by atoms with Gasteiger partial charge >= 0.3 is 0 Å². The smallest absolute Gasteiger partial charge is 0.298 e. The van der Waals surface area contributed by atoms with Crippen molar-refractivity contribution in [3.05, 3.63) is 23.8 Å². The van der Waals surface area contributed by atoms with Gasteiger partial charge in [0.2, 0.25) is 0 Å². The van der Waals surface area contributed by atoms with Gasteiger partial charge in [0.15, 0.2) is 5.58 Å². The van der Waals surface area contributed by atoms with Crippen LogP contribution in [-0.2, 0) is 0 Å². The highest BCUT2D eigenvalue weighted by Crippen LogP contribution is 2.23. The fourth-order valence-electron chi connectivity index (χ4n) is 2.16. The second-order valence-electron chi connectivity index (χ2n) is 5.16. The average molecular weight is 260 g/mol. The summed E-state index contributed by atoms with van der Waals surface area (Å²) in [5.74, 6) is 0. The number of anilines is 1. The van der Waals surface area contributed by atoms with Crippen LogP contribution in [0.2, 0.25) is 0 Å². The van der Waals surface area contributed by atoms with E-state index < -0.39 is 0 Å². The van der Waals surface area contributed by atoms with Crippen molar-refractivity contribution < 1.29 is 4.42 Å². The Balaban J connectivity index is 2.21. The minimum atomic E-state index is 0.780. The number of unbranched alkanes of at least 4 members (excludes halogenated alkanes) is 2. The molecule has 0 spiro atoms. The van der Waals surface area contributed by atoms with Crippen LogP contribution in [0.25, 0.3) is 11.1 Å². The molecule has 1 heterocycles. The molecule has 0 unspecified atom stereocenters. The summed E-state index contributed by atoms with van der Waals surface area (Å²) in [6.07, 6.45) is 4.76. The molecule has 0 fully saturated rings. The summed E-state index contributed by atoms with van der Waals surface area (Å²) in [5.41, 5.74) is 3.08. The molecule has 19 heavy (non-hydrogen) atoms. The molecule has 104 valence electrons. The highest BCUT2D eigenvalue weighted by atomic mass is 16.4. The minimum absolute atomic E-state index is 0.780. The summed E-state index contributed by atoms with van der Waals surface area (Å²) >= 11 is 0. The highest BCUT2D eigenvalue weighted by Gasteiger charge is 2.13. The molecule has 1 aromatic heterocycles. The van der Waals surface area contributed by atoms with E-state index in [1.54, 1.807) is 0 Å². The SMILES string of the molecule is CCCCN(CCCC)c1nc2cc(C)ccc2o1. The third-order valence-corrected chi connectivity index (χ3v) is 3.37. The van der Waals surface area contributed by atoms with Crippen LogP contribution < -0.4 is 4.90 Å². The van der Waals surface area contributed by atoms with Gasteiger partial charge in [-0.05, 0) is 37.5 Å². The van der Waals surface area contributed by atoms with Crippen LogP contribution >= 0.6 is 0 Å². The van der Waals surface area contributed by atoms with Crippen molar-refractivity contribution in [1.82, 2.24) is 4.98 Å². The monoisotopic (exact) mass is 260 g/mol. The number of aryl methyl sites for hydroxylation is 1. The molecule has 3 nitrogen and oxygen atoms in total. The average Bonchev–Trinajstić information content (AvgIpc) is 2.81. The molecule has 2 aromatic rings. The van der Waals surface area contributed by atoms with Gasteiger partial charge in [-0.15, -0.1) is 0 Å². The van der Waals surface area contributed by atoms with E-state index in [9.17, 15) is 0 Å². The van der Waals surface area contributed by atoms with Crippen molar-refractivity contribution in [2.24, 2.45) is 0 Å². The Morgan fingerprint density at radius 3 is 2.42 bits per heavy atom. The maximum atomic E-state index is 5.89. The van der Waals surface area contributed by atoms with Gasteiger partial charge in [-0.25, -0.2) is 0 Å². The van der Waals surface area contributed by atoms with Gasteiger partial charge in [0, 0.05) is 13.1 Å². The first-order valence-corrected chi connectivity index (χ1v) is 7.36. The lowest BCUT2D eigenvalue weighted by atomic mass is 10.2. The van der Waals surface area contributed by atoms with E-state index in [-0.39, 0.29) is 0 Å². The quantitative estimate of drug-likeness (QED) is 0.731. The Labute approximate surface area is 115 Å². The summed E-state index contributed by atoms with van der Waals surface area (Å²) in [4.78, 5) is 6.92. The summed E-state index contributed by atoms with van der Waals surface area (Å²) in [5, 5.41) is 0. The lowest BCUT2D eigenvalue weighted by Gasteiger charge is -2.19. The Morgan fingerprint density at radius 1 is 1.11 bits per heavy atom. The molecule has 0 aliphatic heterocycles. The molecule has 0 amide bonds. The summed E-state index contributed by atoms with van der Waals surface area (Å²) in [6.45, 7) is 8.57. The molecule has 0 aliphatic carbocycles. The van der Waals surface area contributed by atoms with E-state index in [2.05, 4.69) is 42.8 Å². The van der Waals surface area contributed by atoms with Crippen LogP contribution in [0.15, 0.2) is 22.6 Å². The lowest BCUT2D eigenvalue weighted by molar-refractivity contribution is 0.549. The third kappa shape index (κ3) is 3.49. The molecule has 0 atom stereocenters. The zero-order chi connectivity index (χ0) is 13.7. The third-order valence-electron chi connectivity index (χ3n) is 3.37. The molecular formula is C16H24N2O. The van der Waals surface area contributed by atoms with Gasteiger partial charge in [-0.3, -0.25) is 0 Å². The largest absolute Gasteiger partial charge is 0.423 e. The number of rotatable bonds is 7. The maximum Gasteiger partial charge on any atom is 0.298 e. The number of oxazole rings is 1. The van der Waals surface area contributed by atoms with E-state index in [1.165, 1.54) is 31.2 Å². The zero-order valence-electron chi connectivity index (χ0n) is 12.3. The predicted molar refractivity (Wildman–Crippen MR) is 80.8 cm³/mol. The minimum Gasteiger partial charge on any atom is -0.423 e. The molecule has 3 heteroatoms. The zero-order valence-corrected chi connectivity index (χ0v) is 12.3.